The minimum Gasteiger partial charge on any atom is -0.444 e. The Bertz CT molecular complexity index is 1010. The topological polar surface area (TPSA) is 75.1 Å². The number of anilines is 1. The Hall–Kier alpha value is -2.23. The van der Waals surface area contributed by atoms with Crippen LogP contribution >= 0.6 is 23.1 Å². The highest BCUT2D eigenvalue weighted by Gasteiger charge is 2.19. The monoisotopic (exact) mass is 460 g/mol. The van der Waals surface area contributed by atoms with Gasteiger partial charge in [-0.1, -0.05) is 32.1 Å². The lowest BCUT2D eigenvalue weighted by Gasteiger charge is -2.12. The Morgan fingerprint density at radius 2 is 2.10 bits per heavy atom. The molecule has 0 fully saturated rings. The number of carbonyl (C=O) groups is 1. The lowest BCUT2D eigenvalue weighted by atomic mass is 9.94. The summed E-state index contributed by atoms with van der Waals surface area (Å²) in [5, 5.41) is 3.50. The van der Waals surface area contributed by atoms with Gasteiger partial charge in [-0.05, 0) is 20.2 Å². The molecule has 3 aromatic rings. The summed E-state index contributed by atoms with van der Waals surface area (Å²) < 4.78 is 8.94. The van der Waals surface area contributed by atoms with E-state index in [1.165, 1.54) is 11.3 Å². The summed E-state index contributed by atoms with van der Waals surface area (Å²) in [6.07, 6.45) is 7.93. The molecule has 1 amide bonds. The van der Waals surface area contributed by atoms with Crippen LogP contribution in [-0.2, 0) is 28.9 Å². The second-order valence-corrected chi connectivity index (χ2v) is 10.9. The summed E-state index contributed by atoms with van der Waals surface area (Å²) in [6.45, 7) is 8.13. The number of hydrogen-bond acceptors (Lipinski definition) is 7. The van der Waals surface area contributed by atoms with Gasteiger partial charge in [0.2, 0.25) is 11.8 Å². The summed E-state index contributed by atoms with van der Waals surface area (Å²) in [5.41, 5.74) is 0.922. The van der Waals surface area contributed by atoms with Crippen molar-refractivity contribution in [1.29, 1.82) is 0 Å². The lowest BCUT2D eigenvalue weighted by Crippen LogP contribution is -2.38. The Labute approximate surface area is 191 Å². The molecule has 1 N–H and O–H groups in total. The molecule has 0 aliphatic rings. The molecular weight excluding hydrogens is 430 g/mol. The van der Waals surface area contributed by atoms with E-state index in [0.717, 1.165) is 28.6 Å². The molecule has 31 heavy (non-hydrogen) atoms. The van der Waals surface area contributed by atoms with E-state index < -0.39 is 0 Å². The first-order valence-electron chi connectivity index (χ1n) is 10.2. The van der Waals surface area contributed by atoms with Gasteiger partial charge in [0.05, 0.1) is 35.3 Å². The van der Waals surface area contributed by atoms with Crippen molar-refractivity contribution in [2.75, 3.05) is 26.0 Å². The van der Waals surface area contributed by atoms with Crippen LogP contribution in [0, 0.1) is 0 Å². The fraction of sp³-hybridized carbons (Fsp3) is 0.455. The molecule has 3 aromatic heterocycles. The number of thioether (sulfide) groups is 1. The number of hydrogen-bond donors (Lipinski definition) is 1. The van der Waals surface area contributed by atoms with Gasteiger partial charge in [-0.25, -0.2) is 14.5 Å². The summed E-state index contributed by atoms with van der Waals surface area (Å²) in [4.78, 5) is 23.3. The Morgan fingerprint density at radius 3 is 2.81 bits per heavy atom. The van der Waals surface area contributed by atoms with Gasteiger partial charge in [-0.15, -0.1) is 11.8 Å². The molecule has 0 aliphatic heterocycles. The first kappa shape index (κ1) is 23.4. The average Bonchev–Trinajstić information content (AvgIpc) is 3.34. The van der Waals surface area contributed by atoms with Crippen molar-refractivity contribution < 1.29 is 13.8 Å². The SMILES string of the molecule is CN(C)CC[n+]1cccc(CC(=O)Nc2ncc(SCc3ncc(C(C)(C)C)o3)s2)c1. The largest absolute Gasteiger partial charge is 0.444 e. The van der Waals surface area contributed by atoms with Crippen molar-refractivity contribution >= 4 is 34.1 Å². The molecule has 0 bridgehead atoms. The predicted molar refractivity (Wildman–Crippen MR) is 124 cm³/mol. The van der Waals surface area contributed by atoms with Gasteiger partial charge in [0.15, 0.2) is 24.1 Å². The van der Waals surface area contributed by atoms with Crippen LogP contribution in [0.3, 0.4) is 0 Å². The zero-order valence-electron chi connectivity index (χ0n) is 18.7. The minimum atomic E-state index is -0.0706. The molecule has 7 nitrogen and oxygen atoms in total. The average molecular weight is 461 g/mol. The summed E-state index contributed by atoms with van der Waals surface area (Å²) in [5.74, 6) is 2.13. The zero-order valence-corrected chi connectivity index (χ0v) is 20.3. The molecule has 0 aliphatic carbocycles. The van der Waals surface area contributed by atoms with Gasteiger partial charge in [0.25, 0.3) is 0 Å². The summed E-state index contributed by atoms with van der Waals surface area (Å²) in [7, 11) is 4.10. The van der Waals surface area contributed by atoms with E-state index >= 15 is 0 Å². The third kappa shape index (κ3) is 7.45. The number of likely N-dealkylation sites (N-methyl/N-ethyl adjacent to an activating group) is 1. The van der Waals surface area contributed by atoms with Gasteiger partial charge in [-0.3, -0.25) is 4.79 Å². The second kappa shape index (κ2) is 10.4. The number of thiazole rings is 1. The van der Waals surface area contributed by atoms with Crippen molar-refractivity contribution in [3.05, 3.63) is 54.1 Å². The molecule has 9 heteroatoms. The molecule has 0 saturated carbocycles. The van der Waals surface area contributed by atoms with Crippen LogP contribution in [0.2, 0.25) is 0 Å². The number of rotatable bonds is 9. The molecule has 3 rings (SSSR count). The maximum atomic E-state index is 12.5. The predicted octanol–water partition coefficient (Wildman–Crippen LogP) is 3.75. The molecule has 0 saturated heterocycles. The van der Waals surface area contributed by atoms with E-state index in [4.69, 9.17) is 4.42 Å². The fourth-order valence-corrected chi connectivity index (χ4v) is 4.47. The highest BCUT2D eigenvalue weighted by atomic mass is 32.2. The van der Waals surface area contributed by atoms with Crippen LogP contribution in [0.4, 0.5) is 5.13 Å². The third-order valence-corrected chi connectivity index (χ3v) is 6.54. The van der Waals surface area contributed by atoms with Crippen molar-refractivity contribution in [2.45, 2.75) is 49.1 Å². The van der Waals surface area contributed by atoms with Crippen molar-refractivity contribution in [1.82, 2.24) is 14.9 Å². The van der Waals surface area contributed by atoms with Crippen LogP contribution in [0.5, 0.6) is 0 Å². The highest BCUT2D eigenvalue weighted by molar-refractivity contribution is 8.00. The number of aromatic nitrogens is 3. The van der Waals surface area contributed by atoms with Crippen molar-refractivity contribution in [3.8, 4) is 0 Å². The second-order valence-electron chi connectivity index (χ2n) is 8.62. The number of oxazole rings is 1. The maximum Gasteiger partial charge on any atom is 0.230 e. The van der Waals surface area contributed by atoms with E-state index in [1.807, 2.05) is 38.6 Å². The highest BCUT2D eigenvalue weighted by Crippen LogP contribution is 2.31. The summed E-state index contributed by atoms with van der Waals surface area (Å²) >= 11 is 3.06. The number of nitrogens with one attached hydrogen (secondary N) is 1. The zero-order chi connectivity index (χ0) is 22.4. The minimum absolute atomic E-state index is 0.0533. The van der Waals surface area contributed by atoms with E-state index in [0.29, 0.717) is 23.2 Å². The Balaban J connectivity index is 1.50. The molecule has 3 heterocycles. The molecule has 0 spiro atoms. The van der Waals surface area contributed by atoms with Crippen LogP contribution in [0.25, 0.3) is 0 Å². The van der Waals surface area contributed by atoms with Crippen molar-refractivity contribution in [3.63, 3.8) is 0 Å². The van der Waals surface area contributed by atoms with Crippen LogP contribution in [-0.4, -0.2) is 41.4 Å². The Morgan fingerprint density at radius 1 is 1.29 bits per heavy atom. The fourth-order valence-electron chi connectivity index (χ4n) is 2.72. The molecule has 0 radical (unpaired) electrons. The van der Waals surface area contributed by atoms with Gasteiger partial charge in [0.1, 0.15) is 5.76 Å². The van der Waals surface area contributed by atoms with Crippen molar-refractivity contribution in [2.24, 2.45) is 0 Å². The van der Waals surface area contributed by atoms with Crippen LogP contribution in [0.1, 0.15) is 38.0 Å². The van der Waals surface area contributed by atoms with Gasteiger partial charge < -0.3 is 14.6 Å². The molecule has 0 atom stereocenters. The number of pyridine rings is 1. The number of carbonyl (C=O) groups excluding carboxylic acids is 1. The van der Waals surface area contributed by atoms with Crippen LogP contribution in [0.15, 0.2) is 45.5 Å². The van der Waals surface area contributed by atoms with Gasteiger partial charge in [0, 0.05) is 17.0 Å². The quantitative estimate of drug-likeness (QED) is 0.387. The Kier molecular flexibility index (Phi) is 7.85. The van der Waals surface area contributed by atoms with E-state index in [9.17, 15) is 4.79 Å². The smallest absolute Gasteiger partial charge is 0.230 e. The first-order chi connectivity index (χ1) is 14.7. The van der Waals surface area contributed by atoms with E-state index in [1.54, 1.807) is 24.2 Å². The molecule has 166 valence electrons. The molecule has 0 unspecified atom stereocenters. The van der Waals surface area contributed by atoms with Crippen LogP contribution < -0.4 is 9.88 Å². The van der Waals surface area contributed by atoms with Gasteiger partial charge in [-0.2, -0.15) is 0 Å². The number of nitrogens with zero attached hydrogens (tertiary/aromatic N) is 4. The number of amides is 1. The normalized spacial score (nSPS) is 11.8. The van der Waals surface area contributed by atoms with E-state index in [-0.39, 0.29) is 11.3 Å². The molecule has 0 aromatic carbocycles. The third-order valence-electron chi connectivity index (χ3n) is 4.45. The summed E-state index contributed by atoms with van der Waals surface area (Å²) in [6, 6.07) is 3.95. The standard InChI is InChI=1S/C22H29N5O2S2/c1-22(2,3)17-12-23-19(29-17)15-30-20-13-24-21(31-20)25-18(28)11-16-7-6-8-27(14-16)10-9-26(4)5/h6-8,12-14H,9-11,15H2,1-5H3/p+1. The first-order valence-corrected chi connectivity index (χ1v) is 12.0. The van der Waals surface area contributed by atoms with E-state index in [2.05, 4.69) is 45.5 Å². The van der Waals surface area contributed by atoms with Gasteiger partial charge >= 0.3 is 0 Å². The maximum absolute atomic E-state index is 12.5. The lowest BCUT2D eigenvalue weighted by molar-refractivity contribution is -0.696. The molecular formula is C22H30N5O2S2+.